The van der Waals surface area contributed by atoms with Gasteiger partial charge in [-0.25, -0.2) is 9.18 Å². The van der Waals surface area contributed by atoms with Crippen molar-refractivity contribution >= 4 is 11.9 Å². The van der Waals surface area contributed by atoms with Crippen LogP contribution in [0.25, 0.3) is 0 Å². The highest BCUT2D eigenvalue weighted by atomic mass is 19.1. The zero-order valence-electron chi connectivity index (χ0n) is 14.2. The Morgan fingerprint density at radius 1 is 1.08 bits per heavy atom. The van der Waals surface area contributed by atoms with Crippen LogP contribution in [-0.4, -0.2) is 25.1 Å². The van der Waals surface area contributed by atoms with E-state index in [1.807, 2.05) is 18.2 Å². The third-order valence-electron chi connectivity index (χ3n) is 4.24. The summed E-state index contributed by atoms with van der Waals surface area (Å²) in [6.07, 6.45) is 2.88. The Labute approximate surface area is 151 Å². The number of benzene rings is 2. The predicted octanol–water partition coefficient (Wildman–Crippen LogP) is 2.94. The predicted molar refractivity (Wildman–Crippen MR) is 93.1 cm³/mol. The van der Waals surface area contributed by atoms with Gasteiger partial charge in [0.25, 0.3) is 5.91 Å². The lowest BCUT2D eigenvalue weighted by molar-refractivity contribution is -0.150. The third kappa shape index (κ3) is 4.81. The normalized spacial score (nSPS) is 15.7. The van der Waals surface area contributed by atoms with Crippen LogP contribution in [0.5, 0.6) is 5.75 Å². The van der Waals surface area contributed by atoms with E-state index in [-0.39, 0.29) is 31.0 Å². The van der Waals surface area contributed by atoms with E-state index in [4.69, 9.17) is 9.47 Å². The van der Waals surface area contributed by atoms with Crippen LogP contribution in [0, 0.1) is 5.82 Å². The number of nitrogens with one attached hydrogen (secondary N) is 1. The molecule has 0 spiro atoms. The molecule has 0 saturated heterocycles. The van der Waals surface area contributed by atoms with Crippen LogP contribution in [0.3, 0.4) is 0 Å². The zero-order valence-corrected chi connectivity index (χ0v) is 14.2. The van der Waals surface area contributed by atoms with Gasteiger partial charge in [-0.05, 0) is 54.7 Å². The number of fused-ring (bicyclic) bond motifs is 1. The molecule has 5 nitrogen and oxygen atoms in total. The number of amides is 1. The van der Waals surface area contributed by atoms with Gasteiger partial charge in [0.2, 0.25) is 0 Å². The molecule has 1 aliphatic rings. The molecule has 1 aliphatic carbocycles. The lowest BCUT2D eigenvalue weighted by atomic mass is 9.88. The molecule has 6 heteroatoms. The number of carbonyl (C=O) groups is 2. The Hall–Kier alpha value is -2.89. The summed E-state index contributed by atoms with van der Waals surface area (Å²) in [5.41, 5.74) is 2.37. The highest BCUT2D eigenvalue weighted by molar-refractivity contribution is 5.81. The van der Waals surface area contributed by atoms with Crippen molar-refractivity contribution in [2.45, 2.75) is 25.3 Å². The quantitative estimate of drug-likeness (QED) is 0.808. The Balaban J connectivity index is 1.43. The molecule has 1 N–H and O–H groups in total. The fraction of sp³-hybridized carbons (Fsp3) is 0.300. The van der Waals surface area contributed by atoms with Crippen molar-refractivity contribution in [3.63, 3.8) is 0 Å². The third-order valence-corrected chi connectivity index (χ3v) is 4.24. The van der Waals surface area contributed by atoms with Crippen LogP contribution in [0.4, 0.5) is 4.39 Å². The number of hydrogen-bond donors (Lipinski definition) is 1. The Morgan fingerprint density at radius 3 is 2.65 bits per heavy atom. The van der Waals surface area contributed by atoms with Gasteiger partial charge in [0, 0.05) is 0 Å². The number of carbonyl (C=O) groups excluding carboxylic acids is 2. The SMILES string of the molecule is O=C(COC(=O)COc1ccc(F)cc1)N[C@H]1CCCc2ccccc21. The molecule has 0 unspecified atom stereocenters. The highest BCUT2D eigenvalue weighted by Gasteiger charge is 2.21. The van der Waals surface area contributed by atoms with E-state index in [1.165, 1.54) is 29.8 Å². The molecule has 3 rings (SSSR count). The summed E-state index contributed by atoms with van der Waals surface area (Å²) in [6, 6.07) is 13.3. The molecule has 1 amide bonds. The van der Waals surface area contributed by atoms with Crippen LogP contribution in [0.2, 0.25) is 0 Å². The first kappa shape index (κ1) is 17.9. The summed E-state index contributed by atoms with van der Waals surface area (Å²) in [5, 5.41) is 2.91. The first-order valence-corrected chi connectivity index (χ1v) is 8.53. The van der Waals surface area contributed by atoms with Crippen molar-refractivity contribution in [3.05, 3.63) is 65.5 Å². The first-order valence-electron chi connectivity index (χ1n) is 8.53. The number of esters is 1. The summed E-state index contributed by atoms with van der Waals surface area (Å²) < 4.78 is 22.9. The fourth-order valence-electron chi connectivity index (χ4n) is 3.00. The molecule has 0 bridgehead atoms. The fourth-order valence-corrected chi connectivity index (χ4v) is 3.00. The summed E-state index contributed by atoms with van der Waals surface area (Å²) in [5.74, 6) is -1.04. The number of halogens is 1. The summed E-state index contributed by atoms with van der Waals surface area (Å²) in [6.45, 7) is -0.699. The van der Waals surface area contributed by atoms with Crippen molar-refractivity contribution in [1.29, 1.82) is 0 Å². The van der Waals surface area contributed by atoms with Gasteiger partial charge in [0.15, 0.2) is 13.2 Å². The van der Waals surface area contributed by atoms with Gasteiger partial charge in [-0.3, -0.25) is 4.79 Å². The van der Waals surface area contributed by atoms with E-state index in [1.54, 1.807) is 0 Å². The van der Waals surface area contributed by atoms with Gasteiger partial charge >= 0.3 is 5.97 Å². The Morgan fingerprint density at radius 2 is 1.85 bits per heavy atom. The smallest absolute Gasteiger partial charge is 0.344 e. The van der Waals surface area contributed by atoms with Crippen LogP contribution >= 0.6 is 0 Å². The summed E-state index contributed by atoms with van der Waals surface area (Å²) in [7, 11) is 0. The molecule has 2 aromatic rings. The maximum atomic E-state index is 12.8. The zero-order chi connectivity index (χ0) is 18.4. The van der Waals surface area contributed by atoms with Gasteiger partial charge in [-0.15, -0.1) is 0 Å². The summed E-state index contributed by atoms with van der Waals surface area (Å²) in [4.78, 5) is 23.7. The Kier molecular flexibility index (Phi) is 5.84. The molecule has 26 heavy (non-hydrogen) atoms. The number of hydrogen-bond acceptors (Lipinski definition) is 4. The minimum Gasteiger partial charge on any atom is -0.482 e. The largest absolute Gasteiger partial charge is 0.482 e. The van der Waals surface area contributed by atoms with Crippen molar-refractivity contribution in [2.75, 3.05) is 13.2 Å². The average molecular weight is 357 g/mol. The second kappa shape index (κ2) is 8.47. The van der Waals surface area contributed by atoms with E-state index in [0.717, 1.165) is 24.8 Å². The number of aryl methyl sites for hydroxylation is 1. The molecular formula is C20H20FNO4. The van der Waals surface area contributed by atoms with E-state index < -0.39 is 5.97 Å². The lowest BCUT2D eigenvalue weighted by Crippen LogP contribution is -2.34. The van der Waals surface area contributed by atoms with E-state index in [0.29, 0.717) is 5.75 Å². The molecule has 2 aromatic carbocycles. The highest BCUT2D eigenvalue weighted by Crippen LogP contribution is 2.29. The second-order valence-corrected chi connectivity index (χ2v) is 6.11. The maximum Gasteiger partial charge on any atom is 0.344 e. The average Bonchev–Trinajstić information content (AvgIpc) is 2.66. The number of ether oxygens (including phenoxy) is 2. The van der Waals surface area contributed by atoms with Crippen molar-refractivity contribution < 1.29 is 23.5 Å². The van der Waals surface area contributed by atoms with Crippen LogP contribution in [0.15, 0.2) is 48.5 Å². The van der Waals surface area contributed by atoms with E-state index in [9.17, 15) is 14.0 Å². The minimum absolute atomic E-state index is 0.0541. The lowest BCUT2D eigenvalue weighted by Gasteiger charge is -2.26. The maximum absolute atomic E-state index is 12.8. The Bertz CT molecular complexity index is 776. The number of rotatable bonds is 6. The molecule has 0 radical (unpaired) electrons. The van der Waals surface area contributed by atoms with Gasteiger partial charge < -0.3 is 14.8 Å². The van der Waals surface area contributed by atoms with Crippen LogP contribution < -0.4 is 10.1 Å². The van der Waals surface area contributed by atoms with Crippen molar-refractivity contribution in [3.8, 4) is 5.75 Å². The monoisotopic (exact) mass is 357 g/mol. The molecule has 0 fully saturated rings. The van der Waals surface area contributed by atoms with Gasteiger partial charge in [0.05, 0.1) is 6.04 Å². The molecular weight excluding hydrogens is 337 g/mol. The van der Waals surface area contributed by atoms with E-state index in [2.05, 4.69) is 11.4 Å². The van der Waals surface area contributed by atoms with Crippen molar-refractivity contribution in [2.24, 2.45) is 0 Å². The van der Waals surface area contributed by atoms with Crippen LogP contribution in [0.1, 0.15) is 30.0 Å². The van der Waals surface area contributed by atoms with Gasteiger partial charge in [-0.1, -0.05) is 24.3 Å². The molecule has 0 saturated carbocycles. The van der Waals surface area contributed by atoms with Crippen LogP contribution in [-0.2, 0) is 20.7 Å². The minimum atomic E-state index is -0.659. The molecule has 0 aromatic heterocycles. The molecule has 0 heterocycles. The second-order valence-electron chi connectivity index (χ2n) is 6.11. The molecule has 136 valence electrons. The standard InChI is InChI=1S/C20H20FNO4/c21-15-8-10-16(11-9-15)25-13-20(24)26-12-19(23)22-18-7-3-5-14-4-1-2-6-17(14)18/h1-2,4,6,8-11,18H,3,5,7,12-13H2,(H,22,23)/t18-/m0/s1. The molecule has 1 atom stereocenters. The van der Waals surface area contributed by atoms with Crippen molar-refractivity contribution in [1.82, 2.24) is 5.32 Å². The van der Waals surface area contributed by atoms with Gasteiger partial charge in [-0.2, -0.15) is 0 Å². The first-order chi connectivity index (χ1) is 12.6. The van der Waals surface area contributed by atoms with E-state index >= 15 is 0 Å². The summed E-state index contributed by atoms with van der Waals surface area (Å²) >= 11 is 0. The van der Waals surface area contributed by atoms with Gasteiger partial charge in [0.1, 0.15) is 11.6 Å². The topological polar surface area (TPSA) is 64.6 Å². The molecule has 0 aliphatic heterocycles.